The zero-order valence-corrected chi connectivity index (χ0v) is 7.60. The van der Waals surface area contributed by atoms with E-state index < -0.39 is 0 Å². The molecule has 0 unspecified atom stereocenters. The van der Waals surface area contributed by atoms with Crippen molar-refractivity contribution in [2.24, 2.45) is 0 Å². The van der Waals surface area contributed by atoms with Gasteiger partial charge in [-0.15, -0.1) is 4.66 Å². The minimum atomic E-state index is -0.167. The van der Waals surface area contributed by atoms with Gasteiger partial charge in [0.15, 0.2) is 0 Å². The number of rotatable bonds is 0. The summed E-state index contributed by atoms with van der Waals surface area (Å²) >= 11 is 0.722. The molecule has 2 nitrogen and oxygen atoms in total. The Kier molecular flexibility index (Phi) is 35.2. The number of halogens is 1. The summed E-state index contributed by atoms with van der Waals surface area (Å²) in [5, 5.41) is 0. The van der Waals surface area contributed by atoms with E-state index in [0.29, 0.717) is 0 Å². The molecule has 0 aliphatic rings. The molecule has 0 heterocycles. The van der Waals surface area contributed by atoms with Crippen LogP contribution in [-0.2, 0) is 0 Å². The van der Waals surface area contributed by atoms with Crippen LogP contribution in [0.25, 0.3) is 0 Å². The predicted octanol–water partition coefficient (Wildman–Crippen LogP) is -1.48. The molecule has 0 aliphatic heterocycles. The van der Waals surface area contributed by atoms with Crippen molar-refractivity contribution in [3.63, 3.8) is 0 Å². The van der Waals surface area contributed by atoms with Gasteiger partial charge in [-0.2, -0.15) is 0 Å². The van der Waals surface area contributed by atoms with E-state index in [-0.39, 0.29) is 11.3 Å². The zero-order valence-electron chi connectivity index (χ0n) is 2.14. The Balaban J connectivity index is 0. The molecule has 0 aromatic carbocycles. The van der Waals surface area contributed by atoms with Crippen molar-refractivity contribution >= 4 is 32.3 Å². The van der Waals surface area contributed by atoms with Crippen LogP contribution in [0.5, 0.6) is 0 Å². The third-order valence-electron chi connectivity index (χ3n) is 0. The molecular formula is HClO2PbS. The van der Waals surface area contributed by atoms with Crippen LogP contribution in [0.2, 0.25) is 0 Å². The van der Waals surface area contributed by atoms with Crippen LogP contribution >= 0.6 is 8.65 Å². The van der Waals surface area contributed by atoms with Gasteiger partial charge in [-0.25, -0.2) is 0 Å². The average molecular weight is 308 g/mol. The molecule has 5 heavy (non-hydrogen) atoms. The van der Waals surface area contributed by atoms with Crippen LogP contribution in [0, 0.1) is 11.3 Å². The van der Waals surface area contributed by atoms with Crippen molar-refractivity contribution in [1.29, 1.82) is 0 Å². The van der Waals surface area contributed by atoms with Crippen LogP contribution in [0.4, 0.5) is 0 Å². The van der Waals surface area contributed by atoms with Crippen molar-refractivity contribution < 1.29 is 20.6 Å². The molecule has 0 atom stereocenters. The van der Waals surface area contributed by atoms with Gasteiger partial charge in [0.25, 0.3) is 0 Å². The topological polar surface area (TPSA) is 43.3 Å². The normalized spacial score (nSPS) is 4.40. The van der Waals surface area contributed by atoms with Gasteiger partial charge in [0.1, 0.15) is 0 Å². The van der Waals surface area contributed by atoms with Gasteiger partial charge < -0.3 is 4.66 Å². The Bertz CT molecular complexity index is 13.6. The summed E-state index contributed by atoms with van der Waals surface area (Å²) < 4.78 is 15.2. The van der Waals surface area contributed by atoms with Gasteiger partial charge >= 0.3 is 43.7 Å². The molecule has 5 heteroatoms. The molecule has 0 spiro atoms. The second kappa shape index (κ2) is 18.3. The van der Waals surface area contributed by atoms with Gasteiger partial charge in [0.2, 0.25) is 0 Å². The van der Waals surface area contributed by atoms with Gasteiger partial charge in [-0.3, -0.25) is 0 Å². The summed E-state index contributed by atoms with van der Waals surface area (Å²) in [5.41, 5.74) is 0. The van der Waals surface area contributed by atoms with Crippen LogP contribution in [0.3, 0.4) is 0 Å². The summed E-state index contributed by atoms with van der Waals surface area (Å²) in [5.74, 6) is 0. The van der Waals surface area contributed by atoms with E-state index in [1.807, 2.05) is 0 Å². The minimum absolute atomic E-state index is 0.167. The molecule has 0 fully saturated rings. The van der Waals surface area contributed by atoms with Crippen molar-refractivity contribution in [3.05, 3.63) is 0 Å². The van der Waals surface area contributed by atoms with E-state index >= 15 is 0 Å². The molecule has 0 aromatic heterocycles. The first-order valence-electron chi connectivity index (χ1n) is 0.527. The van der Waals surface area contributed by atoms with Gasteiger partial charge in [-0.1, -0.05) is 0 Å². The van der Waals surface area contributed by atoms with Crippen LogP contribution in [-0.4, -0.2) is 28.3 Å². The Morgan fingerprint density at radius 1 is 1.80 bits per heavy atom. The molecule has 0 saturated heterocycles. The summed E-state index contributed by atoms with van der Waals surface area (Å²) in [7, 11) is 4.22. The third-order valence-corrected chi connectivity index (χ3v) is 0. The van der Waals surface area contributed by atoms with Crippen LogP contribution < -0.4 is 4.66 Å². The third kappa shape index (κ3) is 32.9. The molecular weight excluding hydrogens is 307 g/mol. The zero-order chi connectivity index (χ0) is 4.71. The molecule has 0 aromatic rings. The molecule has 0 saturated carbocycles. The second-order valence-corrected chi connectivity index (χ2v) is 0.207. The molecule has 30 valence electrons. The fourth-order valence-corrected chi connectivity index (χ4v) is 0. The SMILES string of the molecule is [O-][Cl+]O.[S]=[Pb]. The second-order valence-electron chi connectivity index (χ2n) is 0.0690. The molecule has 0 rings (SSSR count). The monoisotopic (exact) mass is 308 g/mol. The summed E-state index contributed by atoms with van der Waals surface area (Å²) in [6.07, 6.45) is 0. The Labute approximate surface area is 52.8 Å². The van der Waals surface area contributed by atoms with E-state index in [1.54, 1.807) is 0 Å². The van der Waals surface area contributed by atoms with Crippen LogP contribution in [0.1, 0.15) is 0 Å². The van der Waals surface area contributed by atoms with Crippen molar-refractivity contribution in [1.82, 2.24) is 0 Å². The predicted molar refractivity (Wildman–Crippen MR) is 15.6 cm³/mol. The first-order valence-corrected chi connectivity index (χ1v) is 6.34. The van der Waals surface area contributed by atoms with Crippen LogP contribution in [0.15, 0.2) is 0 Å². The first-order chi connectivity index (χ1) is 2.41. The van der Waals surface area contributed by atoms with Gasteiger partial charge in [0, 0.05) is 0 Å². The maximum atomic E-state index is 8.35. The Morgan fingerprint density at radius 3 is 1.80 bits per heavy atom. The fourth-order valence-electron chi connectivity index (χ4n) is 0. The van der Waals surface area contributed by atoms with Crippen molar-refractivity contribution in [2.45, 2.75) is 0 Å². The Morgan fingerprint density at radius 2 is 1.80 bits per heavy atom. The molecule has 2 radical (unpaired) electrons. The molecule has 0 amide bonds. The van der Waals surface area contributed by atoms with E-state index in [4.69, 9.17) is 9.32 Å². The van der Waals surface area contributed by atoms with E-state index in [2.05, 4.69) is 8.65 Å². The standard InChI is InChI=1S/ClHO2.Pb.S/c2-1-3;;/h2H;;. The summed E-state index contributed by atoms with van der Waals surface area (Å²) in [4.78, 5) is 0. The van der Waals surface area contributed by atoms with E-state index in [9.17, 15) is 0 Å². The van der Waals surface area contributed by atoms with Gasteiger partial charge in [-0.05, 0) is 0 Å². The quantitative estimate of drug-likeness (QED) is 0.555. The number of hydrogen-bond acceptors (Lipinski definition) is 3. The maximum absolute atomic E-state index is 8.35. The molecule has 1 N–H and O–H groups in total. The average Bonchev–Trinajstić information content (AvgIpc) is 1.46. The first kappa shape index (κ1) is 9.61. The Hall–Kier alpha value is 1.35. The molecule has 0 aliphatic carbocycles. The fraction of sp³-hybridized carbons (Fsp3) is 0. The van der Waals surface area contributed by atoms with Crippen molar-refractivity contribution in [3.8, 4) is 0 Å². The summed E-state index contributed by atoms with van der Waals surface area (Å²) in [6.45, 7) is 0. The van der Waals surface area contributed by atoms with Gasteiger partial charge in [0.05, 0.1) is 0 Å². The number of hydrogen-bond donors (Lipinski definition) is 1. The van der Waals surface area contributed by atoms with E-state index in [1.165, 1.54) is 0 Å². The van der Waals surface area contributed by atoms with E-state index in [0.717, 1.165) is 23.7 Å². The molecule has 0 bridgehead atoms. The summed E-state index contributed by atoms with van der Waals surface area (Å²) in [6, 6.07) is 0. The van der Waals surface area contributed by atoms with Crippen molar-refractivity contribution in [2.75, 3.05) is 0 Å².